The number of pyridine rings is 1. The highest BCUT2D eigenvalue weighted by Gasteiger charge is 2.19. The number of carboxylic acid groups (broad SMARTS) is 1. The fraction of sp³-hybridized carbons (Fsp3) is 0.294. The third kappa shape index (κ3) is 4.83. The number of rotatable bonds is 9. The van der Waals surface area contributed by atoms with Crippen molar-refractivity contribution < 1.29 is 23.6 Å². The molecule has 2 N–H and O–H groups in total. The number of fused-ring (bicyclic) bond motifs is 1. The van der Waals surface area contributed by atoms with Gasteiger partial charge in [0.2, 0.25) is 0 Å². The Kier molecular flexibility index (Phi) is 6.40. The zero-order valence-electron chi connectivity index (χ0n) is 14.4. The molecule has 0 fully saturated rings. The molecule has 0 spiro atoms. The van der Waals surface area contributed by atoms with Gasteiger partial charge in [-0.3, -0.25) is 9.59 Å². The first-order valence-corrected chi connectivity index (χ1v) is 10.6. The van der Waals surface area contributed by atoms with Crippen LogP contribution in [0, 0.1) is 6.92 Å². The summed E-state index contributed by atoms with van der Waals surface area (Å²) in [7, 11) is 3.00. The monoisotopic (exact) mass is 407 g/mol. The normalized spacial score (nSPS) is 11.0. The van der Waals surface area contributed by atoms with Gasteiger partial charge in [-0.15, -0.1) is 0 Å². The van der Waals surface area contributed by atoms with E-state index in [9.17, 15) is 9.59 Å². The second-order valence-corrected chi connectivity index (χ2v) is 8.23. The van der Waals surface area contributed by atoms with Gasteiger partial charge in [-0.1, -0.05) is 26.7 Å². The molecule has 10 heteroatoms. The van der Waals surface area contributed by atoms with Crippen LogP contribution in [0.15, 0.2) is 33.4 Å². The third-order valence-electron chi connectivity index (χ3n) is 3.59. The van der Waals surface area contributed by atoms with E-state index in [1.165, 1.54) is 27.9 Å². The number of hydrogen-bond donors (Lipinski definition) is 2. The zero-order valence-corrected chi connectivity index (χ0v) is 16.1. The summed E-state index contributed by atoms with van der Waals surface area (Å²) >= 11 is 0. The standard InChI is InChI=1S/C17H17N3O5S2/c1-10-15-11(16(23)18-5-8-27-26-7-4-14(21)22)9-12(13-3-2-6-24-13)19-17(15)25-20-10/h2-3,6,9H,4-5,7-8H2,1H3,(H,18,23)(H,21,22). The number of amides is 1. The molecule has 3 aromatic rings. The number of carbonyl (C=O) groups is 2. The highest BCUT2D eigenvalue weighted by molar-refractivity contribution is 8.76. The summed E-state index contributed by atoms with van der Waals surface area (Å²) in [5.41, 5.74) is 1.79. The fourth-order valence-corrected chi connectivity index (χ4v) is 4.26. The number of furan rings is 1. The Balaban J connectivity index is 1.67. The summed E-state index contributed by atoms with van der Waals surface area (Å²) in [6, 6.07) is 5.16. The van der Waals surface area contributed by atoms with Crippen LogP contribution in [-0.4, -0.2) is 45.2 Å². The van der Waals surface area contributed by atoms with Crippen LogP contribution in [0.2, 0.25) is 0 Å². The molecule has 3 aromatic heterocycles. The van der Waals surface area contributed by atoms with E-state index in [1.54, 1.807) is 25.1 Å². The van der Waals surface area contributed by atoms with Crippen molar-refractivity contribution >= 4 is 44.6 Å². The average Bonchev–Trinajstić information content (AvgIpc) is 3.30. The van der Waals surface area contributed by atoms with Crippen molar-refractivity contribution in [3.05, 3.63) is 35.7 Å². The van der Waals surface area contributed by atoms with Crippen LogP contribution < -0.4 is 5.32 Å². The van der Waals surface area contributed by atoms with E-state index in [-0.39, 0.29) is 18.0 Å². The molecular weight excluding hydrogens is 390 g/mol. The van der Waals surface area contributed by atoms with E-state index in [0.29, 0.717) is 46.1 Å². The lowest BCUT2D eigenvalue weighted by Gasteiger charge is -2.07. The number of carboxylic acids is 1. The summed E-state index contributed by atoms with van der Waals surface area (Å²) in [6.45, 7) is 2.21. The summed E-state index contributed by atoms with van der Waals surface area (Å²) in [6.07, 6.45) is 1.66. The lowest BCUT2D eigenvalue weighted by molar-refractivity contribution is -0.136. The molecular formula is C17H17N3O5S2. The number of aryl methyl sites for hydroxylation is 1. The Morgan fingerprint density at radius 2 is 2.11 bits per heavy atom. The van der Waals surface area contributed by atoms with Gasteiger partial charge < -0.3 is 19.4 Å². The molecule has 8 nitrogen and oxygen atoms in total. The number of carbonyl (C=O) groups excluding carboxylic acids is 1. The molecule has 0 unspecified atom stereocenters. The van der Waals surface area contributed by atoms with Crippen LogP contribution in [0.4, 0.5) is 0 Å². The predicted octanol–water partition coefficient (Wildman–Crippen LogP) is 3.38. The second kappa shape index (κ2) is 8.96. The van der Waals surface area contributed by atoms with Gasteiger partial charge in [-0.05, 0) is 25.1 Å². The highest BCUT2D eigenvalue weighted by atomic mass is 33.1. The number of hydrogen-bond acceptors (Lipinski definition) is 8. The van der Waals surface area contributed by atoms with Crippen molar-refractivity contribution in [2.75, 3.05) is 18.1 Å². The predicted molar refractivity (Wildman–Crippen MR) is 104 cm³/mol. The van der Waals surface area contributed by atoms with Crippen molar-refractivity contribution in [1.82, 2.24) is 15.5 Å². The molecule has 0 aliphatic heterocycles. The Morgan fingerprint density at radius 3 is 2.85 bits per heavy atom. The molecule has 0 aromatic carbocycles. The van der Waals surface area contributed by atoms with Gasteiger partial charge in [0.05, 0.1) is 29.3 Å². The average molecular weight is 407 g/mol. The first kappa shape index (κ1) is 19.3. The van der Waals surface area contributed by atoms with Crippen molar-refractivity contribution in [3.63, 3.8) is 0 Å². The van der Waals surface area contributed by atoms with Crippen molar-refractivity contribution in [3.8, 4) is 11.5 Å². The Hall–Kier alpha value is -2.46. The van der Waals surface area contributed by atoms with Gasteiger partial charge in [-0.2, -0.15) is 0 Å². The SMILES string of the molecule is Cc1noc2nc(-c3ccco3)cc(C(=O)NCCSSCCC(=O)O)c12. The van der Waals surface area contributed by atoms with Gasteiger partial charge in [0.25, 0.3) is 11.6 Å². The van der Waals surface area contributed by atoms with Crippen molar-refractivity contribution in [2.24, 2.45) is 0 Å². The zero-order chi connectivity index (χ0) is 19.2. The molecule has 0 bridgehead atoms. The number of nitrogens with zero attached hydrogens (tertiary/aromatic N) is 2. The molecule has 0 saturated carbocycles. The Bertz CT molecular complexity index is 940. The second-order valence-electron chi connectivity index (χ2n) is 5.52. The minimum absolute atomic E-state index is 0.126. The maximum Gasteiger partial charge on any atom is 0.304 e. The minimum atomic E-state index is -0.811. The molecule has 0 aliphatic rings. The first-order chi connectivity index (χ1) is 13.1. The molecule has 0 aliphatic carbocycles. The number of nitrogens with one attached hydrogen (secondary N) is 1. The number of aliphatic carboxylic acids is 1. The van der Waals surface area contributed by atoms with Gasteiger partial charge in [-0.25, -0.2) is 4.98 Å². The van der Waals surface area contributed by atoms with Crippen molar-refractivity contribution in [1.29, 1.82) is 0 Å². The van der Waals surface area contributed by atoms with Crippen LogP contribution in [0.1, 0.15) is 22.5 Å². The van der Waals surface area contributed by atoms with Gasteiger partial charge in [0.1, 0.15) is 5.69 Å². The molecule has 27 heavy (non-hydrogen) atoms. The van der Waals surface area contributed by atoms with Crippen LogP contribution in [0.25, 0.3) is 22.6 Å². The van der Waals surface area contributed by atoms with Gasteiger partial charge >= 0.3 is 5.97 Å². The van der Waals surface area contributed by atoms with E-state index in [2.05, 4.69) is 15.5 Å². The lowest BCUT2D eigenvalue weighted by atomic mass is 10.1. The Morgan fingerprint density at radius 1 is 1.30 bits per heavy atom. The smallest absolute Gasteiger partial charge is 0.304 e. The molecule has 142 valence electrons. The van der Waals surface area contributed by atoms with Gasteiger partial charge in [0, 0.05) is 18.1 Å². The third-order valence-corrected chi connectivity index (χ3v) is 6.00. The van der Waals surface area contributed by atoms with Crippen LogP contribution in [0.3, 0.4) is 0 Å². The van der Waals surface area contributed by atoms with E-state index < -0.39 is 5.97 Å². The maximum atomic E-state index is 12.7. The lowest BCUT2D eigenvalue weighted by Crippen LogP contribution is -2.26. The van der Waals surface area contributed by atoms with Crippen molar-refractivity contribution in [2.45, 2.75) is 13.3 Å². The molecule has 0 saturated heterocycles. The number of aromatic nitrogens is 2. The topological polar surface area (TPSA) is 118 Å². The molecule has 0 radical (unpaired) electrons. The van der Waals surface area contributed by atoms with Crippen LogP contribution >= 0.6 is 21.6 Å². The largest absolute Gasteiger partial charge is 0.481 e. The summed E-state index contributed by atoms with van der Waals surface area (Å²) in [4.78, 5) is 27.5. The van der Waals surface area contributed by atoms with Gasteiger partial charge in [0.15, 0.2) is 5.76 Å². The highest BCUT2D eigenvalue weighted by Crippen LogP contribution is 2.27. The quantitative estimate of drug-likeness (QED) is 0.406. The van der Waals surface area contributed by atoms with E-state index in [1.807, 2.05) is 0 Å². The molecule has 0 atom stereocenters. The van der Waals surface area contributed by atoms with Crippen LogP contribution in [-0.2, 0) is 4.79 Å². The first-order valence-electron chi connectivity index (χ1n) is 8.11. The summed E-state index contributed by atoms with van der Waals surface area (Å²) < 4.78 is 10.6. The summed E-state index contributed by atoms with van der Waals surface area (Å²) in [5.74, 6) is 0.668. The minimum Gasteiger partial charge on any atom is -0.481 e. The summed E-state index contributed by atoms with van der Waals surface area (Å²) in [5, 5.41) is 15.9. The maximum absolute atomic E-state index is 12.7. The van der Waals surface area contributed by atoms with Crippen LogP contribution in [0.5, 0.6) is 0 Å². The van der Waals surface area contributed by atoms with E-state index >= 15 is 0 Å². The molecule has 3 rings (SSSR count). The molecule has 1 amide bonds. The van der Waals surface area contributed by atoms with E-state index in [0.717, 1.165) is 0 Å². The Labute approximate surface area is 162 Å². The molecule has 3 heterocycles. The fourth-order valence-electron chi connectivity index (χ4n) is 2.37. The van der Waals surface area contributed by atoms with E-state index in [4.69, 9.17) is 14.0 Å².